The third-order valence-corrected chi connectivity index (χ3v) is 6.12. The molecule has 2 N–H and O–H groups in total. The molecular formula is C23H37IN4O2. The normalized spacial score (nSPS) is 31.4. The highest BCUT2D eigenvalue weighted by Crippen LogP contribution is 2.34. The van der Waals surface area contributed by atoms with Crippen molar-refractivity contribution in [3.05, 3.63) is 35.4 Å². The minimum atomic E-state index is 0. The molecule has 7 heteroatoms. The maximum absolute atomic E-state index is 5.96. The molecule has 30 heavy (non-hydrogen) atoms. The second kappa shape index (κ2) is 11.1. The van der Waals surface area contributed by atoms with Crippen molar-refractivity contribution in [3.63, 3.8) is 0 Å². The molecule has 168 valence electrons. The van der Waals surface area contributed by atoms with Gasteiger partial charge in [0.1, 0.15) is 0 Å². The first-order valence-electron chi connectivity index (χ1n) is 11.2. The summed E-state index contributed by atoms with van der Waals surface area (Å²) in [5, 5.41) is 6.97. The van der Waals surface area contributed by atoms with Crippen LogP contribution in [0.1, 0.15) is 51.2 Å². The van der Waals surface area contributed by atoms with Crippen LogP contribution in [-0.2, 0) is 22.6 Å². The van der Waals surface area contributed by atoms with Crippen molar-refractivity contribution in [1.82, 2.24) is 15.5 Å². The van der Waals surface area contributed by atoms with Crippen molar-refractivity contribution in [2.75, 3.05) is 19.6 Å². The van der Waals surface area contributed by atoms with Gasteiger partial charge in [-0.05, 0) is 51.2 Å². The van der Waals surface area contributed by atoms with Gasteiger partial charge in [-0.3, -0.25) is 4.90 Å². The van der Waals surface area contributed by atoms with Crippen LogP contribution >= 0.6 is 24.0 Å². The molecule has 0 saturated carbocycles. The summed E-state index contributed by atoms with van der Waals surface area (Å²) in [5.74, 6) is 0.897. The molecule has 1 aromatic carbocycles. The van der Waals surface area contributed by atoms with Gasteiger partial charge >= 0.3 is 0 Å². The number of nitrogens with one attached hydrogen (secondary N) is 2. The molecule has 5 unspecified atom stereocenters. The fourth-order valence-electron chi connectivity index (χ4n) is 4.88. The van der Waals surface area contributed by atoms with Gasteiger partial charge in [0.25, 0.3) is 0 Å². The predicted octanol–water partition coefficient (Wildman–Crippen LogP) is 3.29. The van der Waals surface area contributed by atoms with Crippen molar-refractivity contribution in [3.8, 4) is 0 Å². The molecule has 0 radical (unpaired) electrons. The smallest absolute Gasteiger partial charge is 0.191 e. The van der Waals surface area contributed by atoms with E-state index in [1.165, 1.54) is 24.0 Å². The Morgan fingerprint density at radius 1 is 1.07 bits per heavy atom. The molecular weight excluding hydrogens is 491 g/mol. The number of guanidine groups is 1. The Hall–Kier alpha value is -0.900. The zero-order chi connectivity index (χ0) is 20.2. The summed E-state index contributed by atoms with van der Waals surface area (Å²) in [6, 6.07) is 9.28. The summed E-state index contributed by atoms with van der Waals surface area (Å²) >= 11 is 0. The topological polar surface area (TPSA) is 58.1 Å². The lowest BCUT2D eigenvalue weighted by Crippen LogP contribution is -2.47. The van der Waals surface area contributed by atoms with E-state index in [1.807, 2.05) is 0 Å². The van der Waals surface area contributed by atoms with Crippen molar-refractivity contribution in [2.45, 2.75) is 83.6 Å². The molecule has 1 aromatic rings. The molecule has 3 aliphatic rings. The summed E-state index contributed by atoms with van der Waals surface area (Å²) in [7, 11) is 0. The van der Waals surface area contributed by atoms with Gasteiger partial charge in [0.15, 0.2) is 5.96 Å². The van der Waals surface area contributed by atoms with E-state index in [9.17, 15) is 0 Å². The molecule has 0 amide bonds. The first kappa shape index (κ1) is 23.8. The SMILES string of the molecule is CCNC(=NCc1ccc(CN2CC(C)OC(C)C2)cc1)NC1CC2CCC1O2.I. The highest BCUT2D eigenvalue weighted by molar-refractivity contribution is 14.0. The molecule has 3 saturated heterocycles. The number of morpholine rings is 1. The number of hydrogen-bond donors (Lipinski definition) is 2. The second-order valence-corrected chi connectivity index (χ2v) is 8.82. The Kier molecular flexibility index (Phi) is 8.80. The molecule has 3 aliphatic heterocycles. The van der Waals surface area contributed by atoms with Gasteiger partial charge in [0, 0.05) is 26.2 Å². The predicted molar refractivity (Wildman–Crippen MR) is 131 cm³/mol. The van der Waals surface area contributed by atoms with Crippen LogP contribution in [0.5, 0.6) is 0 Å². The largest absolute Gasteiger partial charge is 0.373 e. The van der Waals surface area contributed by atoms with Crippen LogP contribution in [-0.4, -0.2) is 61.0 Å². The third kappa shape index (κ3) is 6.31. The average molecular weight is 528 g/mol. The van der Waals surface area contributed by atoms with E-state index < -0.39 is 0 Å². The van der Waals surface area contributed by atoms with E-state index in [4.69, 9.17) is 14.5 Å². The summed E-state index contributed by atoms with van der Waals surface area (Å²) in [6.45, 7) is 10.9. The van der Waals surface area contributed by atoms with Gasteiger partial charge in [-0.15, -0.1) is 24.0 Å². The molecule has 0 aliphatic carbocycles. The Bertz CT molecular complexity index is 689. The van der Waals surface area contributed by atoms with E-state index in [2.05, 4.69) is 60.6 Å². The van der Waals surface area contributed by atoms with E-state index in [0.717, 1.165) is 38.6 Å². The van der Waals surface area contributed by atoms with Crippen LogP contribution in [0.3, 0.4) is 0 Å². The van der Waals surface area contributed by atoms with E-state index in [-0.39, 0.29) is 24.0 Å². The maximum Gasteiger partial charge on any atom is 0.191 e. The average Bonchev–Trinajstić information content (AvgIpc) is 3.30. The Balaban J connectivity index is 0.00000256. The molecule has 2 bridgehead atoms. The van der Waals surface area contributed by atoms with Gasteiger partial charge < -0.3 is 20.1 Å². The second-order valence-electron chi connectivity index (χ2n) is 8.82. The highest BCUT2D eigenvalue weighted by atomic mass is 127. The molecule has 0 aromatic heterocycles. The number of halogens is 1. The van der Waals surface area contributed by atoms with E-state index in [0.29, 0.717) is 37.0 Å². The van der Waals surface area contributed by atoms with Gasteiger partial charge in [0.05, 0.1) is 37.0 Å². The standard InChI is InChI=1S/C23H36N4O2.HI/c1-4-24-23(26-21-11-20-9-10-22(21)29-20)25-12-18-5-7-19(8-6-18)15-27-13-16(2)28-17(3)14-27;/h5-8,16-17,20-22H,4,9-15H2,1-3H3,(H2,24,25,26);1H. The number of fused-ring (bicyclic) bond motifs is 2. The molecule has 6 nitrogen and oxygen atoms in total. The molecule has 3 fully saturated rings. The molecule has 0 spiro atoms. The van der Waals surface area contributed by atoms with Crippen LogP contribution in [0, 0.1) is 0 Å². The highest BCUT2D eigenvalue weighted by Gasteiger charge is 2.41. The zero-order valence-corrected chi connectivity index (χ0v) is 20.8. The summed E-state index contributed by atoms with van der Waals surface area (Å²) in [6.07, 6.45) is 4.91. The quantitative estimate of drug-likeness (QED) is 0.337. The van der Waals surface area contributed by atoms with Gasteiger partial charge in [-0.25, -0.2) is 4.99 Å². The van der Waals surface area contributed by atoms with Crippen molar-refractivity contribution >= 4 is 29.9 Å². The van der Waals surface area contributed by atoms with Crippen LogP contribution in [0.15, 0.2) is 29.3 Å². The van der Waals surface area contributed by atoms with Crippen molar-refractivity contribution in [2.24, 2.45) is 4.99 Å². The van der Waals surface area contributed by atoms with Crippen LogP contribution < -0.4 is 10.6 Å². The lowest BCUT2D eigenvalue weighted by atomic mass is 9.96. The molecule has 3 heterocycles. The third-order valence-electron chi connectivity index (χ3n) is 6.12. The Morgan fingerprint density at radius 3 is 2.37 bits per heavy atom. The summed E-state index contributed by atoms with van der Waals surface area (Å²) in [5.41, 5.74) is 2.59. The first-order chi connectivity index (χ1) is 14.1. The fraction of sp³-hybridized carbons (Fsp3) is 0.696. The Morgan fingerprint density at radius 2 is 1.77 bits per heavy atom. The van der Waals surface area contributed by atoms with Gasteiger partial charge in [0.2, 0.25) is 0 Å². The molecule has 4 rings (SSSR count). The number of aliphatic imine (C=N–C) groups is 1. The first-order valence-corrected chi connectivity index (χ1v) is 11.2. The number of benzene rings is 1. The lowest BCUT2D eigenvalue weighted by Gasteiger charge is -2.35. The van der Waals surface area contributed by atoms with Crippen molar-refractivity contribution < 1.29 is 9.47 Å². The van der Waals surface area contributed by atoms with Crippen LogP contribution in [0.25, 0.3) is 0 Å². The minimum absolute atomic E-state index is 0. The van der Waals surface area contributed by atoms with E-state index in [1.54, 1.807) is 0 Å². The van der Waals surface area contributed by atoms with Crippen molar-refractivity contribution in [1.29, 1.82) is 0 Å². The monoisotopic (exact) mass is 528 g/mol. The summed E-state index contributed by atoms with van der Waals surface area (Å²) in [4.78, 5) is 7.29. The minimum Gasteiger partial charge on any atom is -0.373 e. The summed E-state index contributed by atoms with van der Waals surface area (Å²) < 4.78 is 11.8. The molecule has 5 atom stereocenters. The number of nitrogens with zero attached hydrogens (tertiary/aromatic N) is 2. The van der Waals surface area contributed by atoms with Crippen LogP contribution in [0.2, 0.25) is 0 Å². The van der Waals surface area contributed by atoms with Gasteiger partial charge in [-0.1, -0.05) is 24.3 Å². The van der Waals surface area contributed by atoms with Gasteiger partial charge in [-0.2, -0.15) is 0 Å². The fourth-order valence-corrected chi connectivity index (χ4v) is 4.88. The number of rotatable bonds is 6. The zero-order valence-electron chi connectivity index (χ0n) is 18.5. The van der Waals surface area contributed by atoms with Crippen LogP contribution in [0.4, 0.5) is 0 Å². The lowest BCUT2D eigenvalue weighted by molar-refractivity contribution is -0.0704. The Labute approximate surface area is 198 Å². The number of ether oxygens (including phenoxy) is 2. The van der Waals surface area contributed by atoms with E-state index >= 15 is 0 Å². The maximum atomic E-state index is 5.96. The number of hydrogen-bond acceptors (Lipinski definition) is 4.